The highest BCUT2D eigenvalue weighted by atomic mass is 16.5. The molecule has 1 heterocycles. The van der Waals surface area contributed by atoms with Crippen LogP contribution >= 0.6 is 0 Å². The maximum absolute atomic E-state index is 5.36. The molecule has 4 nitrogen and oxygen atoms in total. The molecule has 100 valence electrons. The van der Waals surface area contributed by atoms with Crippen molar-refractivity contribution in [1.29, 1.82) is 0 Å². The minimum atomic E-state index is 0.230. The molecule has 0 bridgehead atoms. The van der Waals surface area contributed by atoms with Crippen LogP contribution in [0.5, 0.6) is 5.88 Å². The summed E-state index contributed by atoms with van der Waals surface area (Å²) in [5.74, 6) is 0.650. The van der Waals surface area contributed by atoms with Gasteiger partial charge in [0.2, 0.25) is 5.88 Å². The van der Waals surface area contributed by atoms with E-state index in [1.54, 1.807) is 19.5 Å². The summed E-state index contributed by atoms with van der Waals surface area (Å²) >= 11 is 0. The Morgan fingerprint density at radius 1 is 1.33 bits per heavy atom. The molecule has 0 aromatic carbocycles. The van der Waals surface area contributed by atoms with Gasteiger partial charge in [-0.1, -0.05) is 19.8 Å². The van der Waals surface area contributed by atoms with Gasteiger partial charge in [0, 0.05) is 12.4 Å². The van der Waals surface area contributed by atoms with Crippen LogP contribution in [0.3, 0.4) is 0 Å². The number of hydrogen-bond acceptors (Lipinski definition) is 4. The Labute approximate surface area is 109 Å². The summed E-state index contributed by atoms with van der Waals surface area (Å²) in [6.07, 6.45) is 9.74. The Hall–Kier alpha value is -1.16. The highest BCUT2D eigenvalue weighted by Gasteiger charge is 2.41. The van der Waals surface area contributed by atoms with Crippen molar-refractivity contribution in [2.24, 2.45) is 5.41 Å². The van der Waals surface area contributed by atoms with Crippen LogP contribution in [-0.4, -0.2) is 24.1 Å². The van der Waals surface area contributed by atoms with Crippen LogP contribution in [0.1, 0.15) is 50.8 Å². The lowest BCUT2D eigenvalue weighted by atomic mass is 9.75. The van der Waals surface area contributed by atoms with E-state index in [1.165, 1.54) is 25.7 Å². The fourth-order valence-electron chi connectivity index (χ4n) is 3.35. The van der Waals surface area contributed by atoms with E-state index in [0.717, 1.165) is 12.1 Å². The second kappa shape index (κ2) is 5.65. The predicted molar refractivity (Wildman–Crippen MR) is 71.6 cm³/mol. The third-order valence-electron chi connectivity index (χ3n) is 4.36. The summed E-state index contributed by atoms with van der Waals surface area (Å²) in [6.45, 7) is 2.28. The zero-order valence-electron chi connectivity index (χ0n) is 11.6. The van der Waals surface area contributed by atoms with E-state index in [0.29, 0.717) is 11.3 Å². The van der Waals surface area contributed by atoms with Gasteiger partial charge in [0.1, 0.15) is 5.69 Å². The molecule has 0 spiro atoms. The van der Waals surface area contributed by atoms with Gasteiger partial charge in [-0.3, -0.25) is 4.98 Å². The molecule has 1 fully saturated rings. The van der Waals surface area contributed by atoms with Crippen LogP contribution in [0.2, 0.25) is 0 Å². The van der Waals surface area contributed by atoms with Crippen molar-refractivity contribution >= 4 is 0 Å². The van der Waals surface area contributed by atoms with Crippen molar-refractivity contribution in [1.82, 2.24) is 15.3 Å². The fraction of sp³-hybridized carbons (Fsp3) is 0.714. The second-order valence-corrected chi connectivity index (χ2v) is 5.10. The first-order chi connectivity index (χ1) is 8.77. The van der Waals surface area contributed by atoms with Gasteiger partial charge in [-0.15, -0.1) is 0 Å². The molecule has 18 heavy (non-hydrogen) atoms. The number of rotatable bonds is 5. The lowest BCUT2D eigenvalue weighted by Crippen LogP contribution is -2.35. The van der Waals surface area contributed by atoms with Gasteiger partial charge in [0.25, 0.3) is 0 Å². The maximum atomic E-state index is 5.36. The van der Waals surface area contributed by atoms with Gasteiger partial charge < -0.3 is 10.1 Å². The summed E-state index contributed by atoms with van der Waals surface area (Å²) in [7, 11) is 3.67. The van der Waals surface area contributed by atoms with Gasteiger partial charge in [0.15, 0.2) is 0 Å². The molecule has 1 atom stereocenters. The first-order valence-corrected chi connectivity index (χ1v) is 6.79. The van der Waals surface area contributed by atoms with Crippen LogP contribution in [0.25, 0.3) is 0 Å². The quantitative estimate of drug-likeness (QED) is 0.871. The Bertz CT molecular complexity index is 388. The topological polar surface area (TPSA) is 47.0 Å². The van der Waals surface area contributed by atoms with Gasteiger partial charge in [-0.25, -0.2) is 4.98 Å². The lowest BCUT2D eigenvalue weighted by molar-refractivity contribution is 0.186. The number of nitrogens with one attached hydrogen (secondary N) is 1. The number of aromatic nitrogens is 2. The molecule has 0 amide bonds. The predicted octanol–water partition coefficient (Wildman–Crippen LogP) is 2.72. The zero-order chi connectivity index (χ0) is 13.0. The van der Waals surface area contributed by atoms with E-state index in [1.807, 2.05) is 7.05 Å². The maximum Gasteiger partial charge on any atom is 0.237 e. The van der Waals surface area contributed by atoms with Crippen molar-refractivity contribution in [3.05, 3.63) is 18.1 Å². The highest BCUT2D eigenvalue weighted by Crippen LogP contribution is 2.50. The fourth-order valence-corrected chi connectivity index (χ4v) is 3.35. The smallest absolute Gasteiger partial charge is 0.237 e. The number of hydrogen-bond donors (Lipinski definition) is 1. The number of ether oxygens (including phenoxy) is 1. The Morgan fingerprint density at radius 2 is 2.00 bits per heavy atom. The molecule has 1 unspecified atom stereocenters. The van der Waals surface area contributed by atoms with Crippen molar-refractivity contribution in [2.75, 3.05) is 14.2 Å². The van der Waals surface area contributed by atoms with E-state index in [4.69, 9.17) is 4.74 Å². The van der Waals surface area contributed by atoms with Crippen LogP contribution < -0.4 is 10.1 Å². The minimum Gasteiger partial charge on any atom is -0.480 e. The molecule has 0 aliphatic heterocycles. The number of methoxy groups -OCH3 is 1. The van der Waals surface area contributed by atoms with Gasteiger partial charge in [-0.2, -0.15) is 0 Å². The van der Waals surface area contributed by atoms with Crippen LogP contribution in [0.4, 0.5) is 0 Å². The van der Waals surface area contributed by atoms with Crippen molar-refractivity contribution < 1.29 is 4.74 Å². The van der Waals surface area contributed by atoms with Crippen molar-refractivity contribution in [2.45, 2.75) is 45.1 Å². The molecule has 0 radical (unpaired) electrons. The molecule has 0 saturated heterocycles. The average Bonchev–Trinajstić information content (AvgIpc) is 2.90. The third kappa shape index (κ3) is 2.21. The molecule has 1 aliphatic rings. The molecular weight excluding hydrogens is 226 g/mol. The summed E-state index contributed by atoms with van der Waals surface area (Å²) in [6, 6.07) is 0.230. The van der Waals surface area contributed by atoms with E-state index >= 15 is 0 Å². The molecule has 1 N–H and O–H groups in total. The van der Waals surface area contributed by atoms with Crippen LogP contribution in [0.15, 0.2) is 12.4 Å². The van der Waals surface area contributed by atoms with E-state index in [2.05, 4.69) is 22.2 Å². The Kier molecular flexibility index (Phi) is 4.17. The molecule has 2 rings (SSSR count). The molecular formula is C14H23N3O. The van der Waals surface area contributed by atoms with E-state index in [-0.39, 0.29) is 6.04 Å². The van der Waals surface area contributed by atoms with Crippen LogP contribution in [-0.2, 0) is 0 Å². The zero-order valence-corrected chi connectivity index (χ0v) is 11.6. The van der Waals surface area contributed by atoms with E-state index < -0.39 is 0 Å². The summed E-state index contributed by atoms with van der Waals surface area (Å²) in [5, 5.41) is 3.44. The molecule has 4 heteroatoms. The standard InChI is InChI=1S/C14H23N3O/c1-4-14(7-5-6-8-14)12(15-2)11-13(18-3)17-10-9-16-11/h9-10,12,15H,4-8H2,1-3H3. The molecule has 1 aromatic rings. The van der Waals surface area contributed by atoms with Crippen LogP contribution in [0, 0.1) is 5.41 Å². The monoisotopic (exact) mass is 249 g/mol. The number of nitrogens with zero attached hydrogens (tertiary/aromatic N) is 2. The van der Waals surface area contributed by atoms with Gasteiger partial charge in [0.05, 0.1) is 13.2 Å². The van der Waals surface area contributed by atoms with Crippen molar-refractivity contribution in [3.63, 3.8) is 0 Å². The first kappa shape index (κ1) is 13.3. The Balaban J connectivity index is 2.38. The summed E-state index contributed by atoms with van der Waals surface area (Å²) < 4.78 is 5.36. The first-order valence-electron chi connectivity index (χ1n) is 6.79. The molecule has 1 aromatic heterocycles. The molecule has 1 saturated carbocycles. The highest BCUT2D eigenvalue weighted by molar-refractivity contribution is 5.24. The normalized spacial score (nSPS) is 19.7. The Morgan fingerprint density at radius 3 is 2.56 bits per heavy atom. The summed E-state index contributed by atoms with van der Waals surface area (Å²) in [5.41, 5.74) is 1.25. The van der Waals surface area contributed by atoms with Gasteiger partial charge >= 0.3 is 0 Å². The second-order valence-electron chi connectivity index (χ2n) is 5.10. The summed E-state index contributed by atoms with van der Waals surface area (Å²) in [4.78, 5) is 8.79. The minimum absolute atomic E-state index is 0.230. The van der Waals surface area contributed by atoms with Gasteiger partial charge in [-0.05, 0) is 31.7 Å². The average molecular weight is 249 g/mol. The molecule has 1 aliphatic carbocycles. The SMILES string of the molecule is CCC1(C(NC)c2nccnc2OC)CCCC1. The van der Waals surface area contributed by atoms with E-state index in [9.17, 15) is 0 Å². The third-order valence-corrected chi connectivity index (χ3v) is 4.36. The largest absolute Gasteiger partial charge is 0.480 e. The van der Waals surface area contributed by atoms with Crippen molar-refractivity contribution in [3.8, 4) is 5.88 Å². The lowest BCUT2D eigenvalue weighted by Gasteiger charge is -2.36.